The van der Waals surface area contributed by atoms with Crippen molar-refractivity contribution in [1.29, 1.82) is 0 Å². The van der Waals surface area contributed by atoms with E-state index in [0.717, 1.165) is 28.7 Å². The van der Waals surface area contributed by atoms with Gasteiger partial charge >= 0.3 is 0 Å². The molecule has 25 heavy (non-hydrogen) atoms. The standard InChI is InChI=1S/C18H16N6O/c1-2-15-20-17(24-22-15)12-8-4-5-9-13(12)19-18(25)16-11-7-3-6-10-14(11)21-23-16/h3-10H,2H2,1H3,(H,19,25)(H,21,23)(H,20,22,24). The number of nitrogens with zero attached hydrogens (tertiary/aromatic N) is 3. The summed E-state index contributed by atoms with van der Waals surface area (Å²) in [6, 6.07) is 15.0. The summed E-state index contributed by atoms with van der Waals surface area (Å²) in [5.74, 6) is 1.07. The number of anilines is 1. The van der Waals surface area contributed by atoms with Crippen LogP contribution < -0.4 is 5.32 Å². The maximum Gasteiger partial charge on any atom is 0.276 e. The lowest BCUT2D eigenvalue weighted by Gasteiger charge is -2.07. The van der Waals surface area contributed by atoms with Crippen molar-refractivity contribution in [3.63, 3.8) is 0 Å². The summed E-state index contributed by atoms with van der Waals surface area (Å²) in [5, 5.41) is 17.8. The zero-order valence-corrected chi connectivity index (χ0v) is 13.6. The zero-order chi connectivity index (χ0) is 17.2. The number of aromatic amines is 2. The molecule has 0 fully saturated rings. The Balaban J connectivity index is 1.68. The van der Waals surface area contributed by atoms with E-state index in [1.807, 2.05) is 55.5 Å². The Labute approximate surface area is 143 Å². The lowest BCUT2D eigenvalue weighted by Crippen LogP contribution is -2.13. The van der Waals surface area contributed by atoms with Crippen LogP contribution >= 0.6 is 0 Å². The highest BCUT2D eigenvalue weighted by molar-refractivity contribution is 6.12. The Bertz CT molecular complexity index is 1050. The molecule has 7 heteroatoms. The normalized spacial score (nSPS) is 10.9. The molecule has 4 aromatic rings. The number of hydrogen-bond acceptors (Lipinski definition) is 4. The predicted octanol–water partition coefficient (Wildman–Crippen LogP) is 3.16. The number of aryl methyl sites for hydroxylation is 1. The summed E-state index contributed by atoms with van der Waals surface area (Å²) >= 11 is 0. The Morgan fingerprint density at radius 2 is 1.84 bits per heavy atom. The number of benzene rings is 2. The smallest absolute Gasteiger partial charge is 0.276 e. The third-order valence-corrected chi connectivity index (χ3v) is 3.97. The van der Waals surface area contributed by atoms with Crippen LogP contribution in [-0.4, -0.2) is 31.3 Å². The number of amides is 1. The van der Waals surface area contributed by atoms with Crippen molar-refractivity contribution in [3.05, 3.63) is 60.0 Å². The Morgan fingerprint density at radius 3 is 2.68 bits per heavy atom. The number of H-pyrrole nitrogens is 2. The van der Waals surface area contributed by atoms with Gasteiger partial charge in [-0.25, -0.2) is 4.98 Å². The SMILES string of the molecule is CCc1nc(-c2ccccc2NC(=O)c2n[nH]c3ccccc23)n[nH]1. The fourth-order valence-electron chi connectivity index (χ4n) is 2.68. The van der Waals surface area contributed by atoms with E-state index in [-0.39, 0.29) is 5.91 Å². The van der Waals surface area contributed by atoms with E-state index in [9.17, 15) is 4.79 Å². The van der Waals surface area contributed by atoms with Crippen molar-refractivity contribution in [3.8, 4) is 11.4 Å². The summed E-state index contributed by atoms with van der Waals surface area (Å²) < 4.78 is 0. The molecule has 7 nitrogen and oxygen atoms in total. The summed E-state index contributed by atoms with van der Waals surface area (Å²) in [6.07, 6.45) is 0.765. The Hall–Kier alpha value is -3.48. The van der Waals surface area contributed by atoms with E-state index >= 15 is 0 Å². The van der Waals surface area contributed by atoms with Gasteiger partial charge in [-0.1, -0.05) is 37.3 Å². The average molecular weight is 332 g/mol. The van der Waals surface area contributed by atoms with E-state index in [1.165, 1.54) is 0 Å². The van der Waals surface area contributed by atoms with Crippen molar-refractivity contribution in [1.82, 2.24) is 25.4 Å². The molecule has 4 rings (SSSR count). The molecule has 2 aromatic carbocycles. The fraction of sp³-hybridized carbons (Fsp3) is 0.111. The number of carbonyl (C=O) groups is 1. The van der Waals surface area contributed by atoms with E-state index in [2.05, 4.69) is 30.7 Å². The first kappa shape index (κ1) is 15.1. The minimum Gasteiger partial charge on any atom is -0.320 e. The molecule has 0 saturated carbocycles. The number of para-hydroxylation sites is 2. The molecule has 0 radical (unpaired) electrons. The van der Waals surface area contributed by atoms with Gasteiger partial charge in [-0.05, 0) is 18.2 Å². The maximum absolute atomic E-state index is 12.7. The van der Waals surface area contributed by atoms with Gasteiger partial charge in [-0.3, -0.25) is 15.0 Å². The number of hydrogen-bond donors (Lipinski definition) is 3. The summed E-state index contributed by atoms with van der Waals surface area (Å²) in [6.45, 7) is 2.00. The van der Waals surface area contributed by atoms with Crippen LogP contribution in [0, 0.1) is 0 Å². The number of carbonyl (C=O) groups excluding carboxylic acids is 1. The van der Waals surface area contributed by atoms with Crippen LogP contribution in [0.25, 0.3) is 22.3 Å². The Kier molecular flexibility index (Phi) is 3.74. The third-order valence-electron chi connectivity index (χ3n) is 3.97. The van der Waals surface area contributed by atoms with Crippen molar-refractivity contribution in [2.24, 2.45) is 0 Å². The van der Waals surface area contributed by atoms with Crippen molar-refractivity contribution >= 4 is 22.5 Å². The first-order chi connectivity index (χ1) is 12.3. The van der Waals surface area contributed by atoms with Crippen LogP contribution in [0.1, 0.15) is 23.2 Å². The molecule has 0 aliphatic rings. The first-order valence-electron chi connectivity index (χ1n) is 8.01. The second-order valence-corrected chi connectivity index (χ2v) is 5.58. The monoisotopic (exact) mass is 332 g/mol. The van der Waals surface area contributed by atoms with Gasteiger partial charge in [0.05, 0.1) is 11.2 Å². The van der Waals surface area contributed by atoms with Gasteiger partial charge < -0.3 is 5.32 Å². The fourth-order valence-corrected chi connectivity index (χ4v) is 2.68. The minimum atomic E-state index is -0.281. The van der Waals surface area contributed by atoms with E-state index in [4.69, 9.17) is 0 Å². The topological polar surface area (TPSA) is 99.3 Å². The van der Waals surface area contributed by atoms with E-state index in [0.29, 0.717) is 17.2 Å². The third kappa shape index (κ3) is 2.76. The molecule has 0 atom stereocenters. The van der Waals surface area contributed by atoms with E-state index in [1.54, 1.807) is 0 Å². The molecule has 1 amide bonds. The molecule has 2 aromatic heterocycles. The number of fused-ring (bicyclic) bond motifs is 1. The lowest BCUT2D eigenvalue weighted by atomic mass is 10.1. The van der Waals surface area contributed by atoms with Crippen LogP contribution in [0.5, 0.6) is 0 Å². The quantitative estimate of drug-likeness (QED) is 0.534. The molecule has 3 N–H and O–H groups in total. The zero-order valence-electron chi connectivity index (χ0n) is 13.6. The maximum atomic E-state index is 12.7. The summed E-state index contributed by atoms with van der Waals surface area (Å²) in [7, 11) is 0. The first-order valence-corrected chi connectivity index (χ1v) is 8.01. The minimum absolute atomic E-state index is 0.281. The molecular formula is C18H16N6O. The number of aromatic nitrogens is 5. The second kappa shape index (κ2) is 6.20. The molecule has 0 unspecified atom stereocenters. The van der Waals surface area contributed by atoms with Gasteiger partial charge in [0.25, 0.3) is 5.91 Å². The number of rotatable bonds is 4. The summed E-state index contributed by atoms with van der Waals surface area (Å²) in [4.78, 5) is 17.1. The Morgan fingerprint density at radius 1 is 1.04 bits per heavy atom. The molecule has 0 aliphatic heterocycles. The van der Waals surface area contributed by atoms with Gasteiger partial charge in [0.15, 0.2) is 11.5 Å². The highest BCUT2D eigenvalue weighted by atomic mass is 16.1. The van der Waals surface area contributed by atoms with Gasteiger partial charge in [0, 0.05) is 17.4 Å². The molecule has 0 bridgehead atoms. The van der Waals surface area contributed by atoms with Gasteiger partial charge in [-0.2, -0.15) is 10.2 Å². The summed E-state index contributed by atoms with van der Waals surface area (Å²) in [5.41, 5.74) is 2.57. The molecular weight excluding hydrogens is 316 g/mol. The highest BCUT2D eigenvalue weighted by Crippen LogP contribution is 2.26. The lowest BCUT2D eigenvalue weighted by molar-refractivity contribution is 0.102. The van der Waals surface area contributed by atoms with Crippen LogP contribution in [0.2, 0.25) is 0 Å². The van der Waals surface area contributed by atoms with Gasteiger partial charge in [-0.15, -0.1) is 0 Å². The van der Waals surface area contributed by atoms with Gasteiger partial charge in [0.1, 0.15) is 5.82 Å². The number of nitrogens with one attached hydrogen (secondary N) is 3. The highest BCUT2D eigenvalue weighted by Gasteiger charge is 2.17. The molecule has 0 saturated heterocycles. The van der Waals surface area contributed by atoms with Crippen LogP contribution in [0.4, 0.5) is 5.69 Å². The van der Waals surface area contributed by atoms with Crippen LogP contribution in [-0.2, 0) is 6.42 Å². The van der Waals surface area contributed by atoms with E-state index < -0.39 is 0 Å². The molecule has 0 aliphatic carbocycles. The largest absolute Gasteiger partial charge is 0.320 e. The second-order valence-electron chi connectivity index (χ2n) is 5.58. The average Bonchev–Trinajstić information content (AvgIpc) is 3.29. The van der Waals surface area contributed by atoms with Crippen molar-refractivity contribution < 1.29 is 4.79 Å². The van der Waals surface area contributed by atoms with Crippen LogP contribution in [0.15, 0.2) is 48.5 Å². The van der Waals surface area contributed by atoms with Gasteiger partial charge in [0.2, 0.25) is 0 Å². The molecule has 124 valence electrons. The predicted molar refractivity (Wildman–Crippen MR) is 95.2 cm³/mol. The van der Waals surface area contributed by atoms with Crippen molar-refractivity contribution in [2.45, 2.75) is 13.3 Å². The van der Waals surface area contributed by atoms with Crippen LogP contribution in [0.3, 0.4) is 0 Å². The molecule has 0 spiro atoms. The molecule has 2 heterocycles. The van der Waals surface area contributed by atoms with Crippen molar-refractivity contribution in [2.75, 3.05) is 5.32 Å².